The summed E-state index contributed by atoms with van der Waals surface area (Å²) in [4.78, 5) is 13.5. The number of benzene rings is 2. The molecule has 25 heavy (non-hydrogen) atoms. The van der Waals surface area contributed by atoms with Crippen LogP contribution in [0.3, 0.4) is 0 Å². The highest BCUT2D eigenvalue weighted by atomic mass is 32.2. The van der Waals surface area contributed by atoms with Gasteiger partial charge in [0.25, 0.3) is 0 Å². The Hall–Kier alpha value is -2.41. The molecule has 5 nitrogen and oxygen atoms in total. The summed E-state index contributed by atoms with van der Waals surface area (Å²) in [6, 6.07) is 12.6. The number of amides is 1. The first-order valence-electron chi connectivity index (χ1n) is 7.80. The minimum atomic E-state index is -3.66. The average molecular weight is 365 g/mol. The van der Waals surface area contributed by atoms with Crippen LogP contribution in [0.2, 0.25) is 0 Å². The first-order chi connectivity index (χ1) is 11.8. The minimum absolute atomic E-state index is 0.145. The van der Waals surface area contributed by atoms with Crippen LogP contribution >= 0.6 is 0 Å². The third kappa shape index (κ3) is 5.56. The smallest absolute Gasteiger partial charge is 0.308 e. The van der Waals surface area contributed by atoms with Crippen LogP contribution in [0.25, 0.3) is 0 Å². The lowest BCUT2D eigenvalue weighted by Crippen LogP contribution is -2.28. The topological polar surface area (TPSA) is 63.7 Å². The van der Waals surface area contributed by atoms with Crippen molar-refractivity contribution in [1.29, 1.82) is 0 Å². The molecule has 0 spiro atoms. The number of carbonyl (C=O) groups excluding carboxylic acids is 1. The van der Waals surface area contributed by atoms with E-state index in [1.165, 1.54) is 30.9 Å². The van der Waals surface area contributed by atoms with Crippen LogP contribution in [0.15, 0.2) is 48.5 Å². The van der Waals surface area contributed by atoms with Crippen molar-refractivity contribution in [3.63, 3.8) is 0 Å². The van der Waals surface area contributed by atoms with Gasteiger partial charge in [-0.05, 0) is 30.7 Å². The van der Waals surface area contributed by atoms with Gasteiger partial charge in [0, 0.05) is 25.6 Å². The van der Waals surface area contributed by atoms with E-state index in [0.29, 0.717) is 5.56 Å². The molecule has 7 heteroatoms. The standard InChI is InChI=1S/C18H20FNO4S/c1-3-25(22,23)24-18-7-5-4-6-16(18)13-20(14(2)21)12-15-8-10-17(19)11-9-15/h4-11H,3,12-13H2,1-2H3. The van der Waals surface area contributed by atoms with Gasteiger partial charge in [0.15, 0.2) is 0 Å². The normalized spacial score (nSPS) is 11.2. The maximum atomic E-state index is 13.0. The second-order valence-corrected chi connectivity index (χ2v) is 7.40. The Balaban J connectivity index is 2.22. The van der Waals surface area contributed by atoms with E-state index in [2.05, 4.69) is 0 Å². The summed E-state index contributed by atoms with van der Waals surface area (Å²) in [7, 11) is -3.66. The van der Waals surface area contributed by atoms with Gasteiger partial charge in [0.2, 0.25) is 5.91 Å². The minimum Gasteiger partial charge on any atom is -0.382 e. The Morgan fingerprint density at radius 1 is 1.08 bits per heavy atom. The molecule has 0 saturated heterocycles. The molecule has 0 bridgehead atoms. The van der Waals surface area contributed by atoms with Crippen molar-refractivity contribution in [2.45, 2.75) is 26.9 Å². The fraction of sp³-hybridized carbons (Fsp3) is 0.278. The SMILES string of the molecule is CCS(=O)(=O)Oc1ccccc1CN(Cc1ccc(F)cc1)C(C)=O. The molecule has 0 heterocycles. The van der Waals surface area contributed by atoms with Crippen LogP contribution in [-0.2, 0) is 28.0 Å². The Labute approximate surface area is 147 Å². The van der Waals surface area contributed by atoms with E-state index in [1.54, 1.807) is 36.4 Å². The number of nitrogens with zero attached hydrogens (tertiary/aromatic N) is 1. The molecule has 134 valence electrons. The van der Waals surface area contributed by atoms with E-state index in [4.69, 9.17) is 4.18 Å². The third-order valence-electron chi connectivity index (χ3n) is 3.64. The predicted molar refractivity (Wildman–Crippen MR) is 92.9 cm³/mol. The van der Waals surface area contributed by atoms with Crippen molar-refractivity contribution in [2.75, 3.05) is 5.75 Å². The van der Waals surface area contributed by atoms with E-state index >= 15 is 0 Å². The highest BCUT2D eigenvalue weighted by Crippen LogP contribution is 2.22. The quantitative estimate of drug-likeness (QED) is 0.707. The number of rotatable bonds is 7. The zero-order chi connectivity index (χ0) is 18.4. The van der Waals surface area contributed by atoms with E-state index in [9.17, 15) is 17.6 Å². The average Bonchev–Trinajstić information content (AvgIpc) is 2.57. The van der Waals surface area contributed by atoms with Crippen LogP contribution in [0, 0.1) is 5.82 Å². The summed E-state index contributed by atoms with van der Waals surface area (Å²) in [5.74, 6) is -0.471. The summed E-state index contributed by atoms with van der Waals surface area (Å²) < 4.78 is 41.6. The summed E-state index contributed by atoms with van der Waals surface area (Å²) in [6.07, 6.45) is 0. The largest absolute Gasteiger partial charge is 0.382 e. The van der Waals surface area contributed by atoms with Gasteiger partial charge in [-0.1, -0.05) is 30.3 Å². The Morgan fingerprint density at radius 2 is 1.72 bits per heavy atom. The van der Waals surface area contributed by atoms with E-state index in [-0.39, 0.29) is 36.3 Å². The first-order valence-corrected chi connectivity index (χ1v) is 9.38. The van der Waals surface area contributed by atoms with Crippen molar-refractivity contribution >= 4 is 16.0 Å². The van der Waals surface area contributed by atoms with Crippen molar-refractivity contribution in [2.24, 2.45) is 0 Å². The Morgan fingerprint density at radius 3 is 2.32 bits per heavy atom. The molecule has 0 aliphatic carbocycles. The second-order valence-electron chi connectivity index (χ2n) is 5.54. The lowest BCUT2D eigenvalue weighted by atomic mass is 10.1. The zero-order valence-electron chi connectivity index (χ0n) is 14.1. The van der Waals surface area contributed by atoms with E-state index < -0.39 is 10.1 Å². The maximum Gasteiger partial charge on any atom is 0.308 e. The lowest BCUT2D eigenvalue weighted by Gasteiger charge is -2.22. The van der Waals surface area contributed by atoms with Gasteiger partial charge in [-0.2, -0.15) is 8.42 Å². The van der Waals surface area contributed by atoms with Gasteiger partial charge in [-0.3, -0.25) is 4.79 Å². The first kappa shape index (κ1) is 18.9. The number of hydrogen-bond donors (Lipinski definition) is 0. The lowest BCUT2D eigenvalue weighted by molar-refractivity contribution is -0.130. The molecule has 0 saturated carbocycles. The van der Waals surface area contributed by atoms with Gasteiger partial charge in [-0.25, -0.2) is 4.39 Å². The molecule has 2 aromatic carbocycles. The number of para-hydroxylation sites is 1. The third-order valence-corrected chi connectivity index (χ3v) is 4.78. The van der Waals surface area contributed by atoms with Gasteiger partial charge in [0.1, 0.15) is 11.6 Å². The molecule has 0 radical (unpaired) electrons. The van der Waals surface area contributed by atoms with Crippen LogP contribution in [0.4, 0.5) is 4.39 Å². The molecular formula is C18H20FNO4S. The molecule has 2 aromatic rings. The van der Waals surface area contributed by atoms with Crippen LogP contribution in [0.1, 0.15) is 25.0 Å². The van der Waals surface area contributed by atoms with E-state index in [0.717, 1.165) is 5.56 Å². The maximum absolute atomic E-state index is 13.0. The highest BCUT2D eigenvalue weighted by molar-refractivity contribution is 7.87. The molecule has 0 N–H and O–H groups in total. The predicted octanol–water partition coefficient (Wildman–Crippen LogP) is 3.10. The van der Waals surface area contributed by atoms with Crippen molar-refractivity contribution in [1.82, 2.24) is 4.90 Å². The molecule has 0 aliphatic rings. The molecule has 0 unspecified atom stereocenters. The molecule has 0 aliphatic heterocycles. The zero-order valence-corrected chi connectivity index (χ0v) is 14.9. The molecule has 1 amide bonds. The van der Waals surface area contributed by atoms with Crippen LogP contribution in [-0.4, -0.2) is 25.0 Å². The monoisotopic (exact) mass is 365 g/mol. The molecule has 0 atom stereocenters. The van der Waals surface area contributed by atoms with Crippen LogP contribution < -0.4 is 4.18 Å². The van der Waals surface area contributed by atoms with E-state index in [1.807, 2.05) is 0 Å². The Bertz CT molecular complexity index is 834. The van der Waals surface area contributed by atoms with Gasteiger partial charge >= 0.3 is 10.1 Å². The van der Waals surface area contributed by atoms with Gasteiger partial charge < -0.3 is 9.08 Å². The van der Waals surface area contributed by atoms with Crippen molar-refractivity contribution in [3.8, 4) is 5.75 Å². The summed E-state index contributed by atoms with van der Waals surface area (Å²) in [5, 5.41) is 0. The van der Waals surface area contributed by atoms with Gasteiger partial charge in [0.05, 0.1) is 5.75 Å². The number of halogens is 1. The fourth-order valence-corrected chi connectivity index (χ4v) is 2.76. The highest BCUT2D eigenvalue weighted by Gasteiger charge is 2.16. The number of carbonyl (C=O) groups is 1. The van der Waals surface area contributed by atoms with Crippen molar-refractivity contribution < 1.29 is 21.8 Å². The van der Waals surface area contributed by atoms with Gasteiger partial charge in [-0.15, -0.1) is 0 Å². The van der Waals surface area contributed by atoms with Crippen LogP contribution in [0.5, 0.6) is 5.75 Å². The fourth-order valence-electron chi connectivity index (χ4n) is 2.21. The molecule has 0 fully saturated rings. The summed E-state index contributed by atoms with van der Waals surface area (Å²) >= 11 is 0. The number of hydrogen-bond acceptors (Lipinski definition) is 4. The van der Waals surface area contributed by atoms with Crippen molar-refractivity contribution in [3.05, 3.63) is 65.5 Å². The Kier molecular flexibility index (Phi) is 6.14. The second kappa shape index (κ2) is 8.11. The molecule has 2 rings (SSSR count). The molecule has 0 aromatic heterocycles. The summed E-state index contributed by atoms with van der Waals surface area (Å²) in [5.41, 5.74) is 1.35. The summed E-state index contributed by atoms with van der Waals surface area (Å²) in [6.45, 7) is 3.39. The molecular weight excluding hydrogens is 345 g/mol.